The lowest BCUT2D eigenvalue weighted by Gasteiger charge is -2.02. The molecule has 3 rings (SSSR count). The summed E-state index contributed by atoms with van der Waals surface area (Å²) >= 11 is 1.48. The number of pyridine rings is 2. The topological polar surface area (TPSA) is 58.6 Å². The highest BCUT2D eigenvalue weighted by molar-refractivity contribution is 7.13. The molecule has 94 valence electrons. The van der Waals surface area contributed by atoms with Crippen LogP contribution < -0.4 is 5.56 Å². The first-order chi connectivity index (χ1) is 9.24. The van der Waals surface area contributed by atoms with E-state index in [0.29, 0.717) is 5.56 Å². The van der Waals surface area contributed by atoms with Crippen molar-refractivity contribution in [3.8, 4) is 21.7 Å². The highest BCUT2D eigenvalue weighted by atomic mass is 32.1. The Bertz CT molecular complexity index is 762. The zero-order valence-corrected chi connectivity index (χ0v) is 11.1. The number of aromatic amines is 1. The second-order valence-corrected chi connectivity index (χ2v) is 5.02. The monoisotopic (exact) mass is 269 g/mol. The summed E-state index contributed by atoms with van der Waals surface area (Å²) in [7, 11) is 0. The van der Waals surface area contributed by atoms with Gasteiger partial charge in [0.05, 0.1) is 5.56 Å². The summed E-state index contributed by atoms with van der Waals surface area (Å²) in [6.07, 6.45) is 5.17. The first kappa shape index (κ1) is 11.8. The molecule has 0 aliphatic rings. The molecule has 0 unspecified atom stereocenters. The van der Waals surface area contributed by atoms with Crippen molar-refractivity contribution in [3.05, 3.63) is 58.2 Å². The zero-order valence-electron chi connectivity index (χ0n) is 10.3. The maximum absolute atomic E-state index is 11.9. The Morgan fingerprint density at radius 3 is 2.68 bits per heavy atom. The van der Waals surface area contributed by atoms with Crippen LogP contribution in [0.5, 0.6) is 0 Å². The first-order valence-electron chi connectivity index (χ1n) is 5.79. The number of aromatic nitrogens is 3. The molecule has 3 aromatic heterocycles. The van der Waals surface area contributed by atoms with Crippen molar-refractivity contribution in [2.75, 3.05) is 0 Å². The number of hydrogen-bond donors (Lipinski definition) is 1. The van der Waals surface area contributed by atoms with Gasteiger partial charge in [0.15, 0.2) is 0 Å². The Morgan fingerprint density at radius 2 is 2.00 bits per heavy atom. The summed E-state index contributed by atoms with van der Waals surface area (Å²) in [6, 6.07) is 5.68. The number of thiazole rings is 1. The summed E-state index contributed by atoms with van der Waals surface area (Å²) in [6.45, 7) is 1.92. The summed E-state index contributed by atoms with van der Waals surface area (Å²) in [5.41, 5.74) is 3.37. The second-order valence-electron chi connectivity index (χ2n) is 4.16. The van der Waals surface area contributed by atoms with Crippen LogP contribution in [0.1, 0.15) is 5.69 Å². The smallest absolute Gasteiger partial charge is 0.258 e. The molecular weight excluding hydrogens is 258 g/mol. The molecule has 0 radical (unpaired) electrons. The van der Waals surface area contributed by atoms with Gasteiger partial charge in [-0.15, -0.1) is 11.3 Å². The van der Waals surface area contributed by atoms with E-state index in [1.54, 1.807) is 18.6 Å². The quantitative estimate of drug-likeness (QED) is 0.778. The minimum atomic E-state index is -0.118. The molecule has 0 fully saturated rings. The van der Waals surface area contributed by atoms with Gasteiger partial charge in [-0.3, -0.25) is 9.78 Å². The van der Waals surface area contributed by atoms with Gasteiger partial charge in [0, 0.05) is 29.7 Å². The number of aryl methyl sites for hydroxylation is 1. The minimum absolute atomic E-state index is 0.118. The second kappa shape index (κ2) is 4.78. The van der Waals surface area contributed by atoms with Gasteiger partial charge in [-0.2, -0.15) is 0 Å². The lowest BCUT2D eigenvalue weighted by molar-refractivity contribution is 1.21. The van der Waals surface area contributed by atoms with E-state index < -0.39 is 0 Å². The molecule has 19 heavy (non-hydrogen) atoms. The van der Waals surface area contributed by atoms with Crippen LogP contribution in [0.2, 0.25) is 0 Å². The minimum Gasteiger partial charge on any atom is -0.328 e. The normalized spacial score (nSPS) is 10.6. The number of rotatable bonds is 2. The molecule has 0 bridgehead atoms. The van der Waals surface area contributed by atoms with Gasteiger partial charge in [-0.05, 0) is 36.2 Å². The standard InChI is InChI=1S/C14H11N3OS/c1-9-8-19-14(17-9)12-6-11(7-16-13(12)18)10-2-4-15-5-3-10/h2-8H,1H3,(H,16,18). The van der Waals surface area contributed by atoms with Crippen LogP contribution in [0.4, 0.5) is 0 Å². The van der Waals surface area contributed by atoms with Gasteiger partial charge >= 0.3 is 0 Å². The summed E-state index contributed by atoms with van der Waals surface area (Å²) in [4.78, 5) is 23.0. The molecule has 3 heterocycles. The Hall–Kier alpha value is -2.27. The Morgan fingerprint density at radius 1 is 1.21 bits per heavy atom. The lowest BCUT2D eigenvalue weighted by Crippen LogP contribution is -2.08. The summed E-state index contributed by atoms with van der Waals surface area (Å²) in [5, 5.41) is 2.68. The molecule has 0 atom stereocenters. The van der Waals surface area contributed by atoms with E-state index in [0.717, 1.165) is 21.8 Å². The molecule has 3 aromatic rings. The number of H-pyrrole nitrogens is 1. The van der Waals surface area contributed by atoms with Gasteiger partial charge < -0.3 is 4.98 Å². The average Bonchev–Trinajstić information content (AvgIpc) is 2.87. The van der Waals surface area contributed by atoms with Gasteiger partial charge in [0.2, 0.25) is 0 Å². The summed E-state index contributed by atoms with van der Waals surface area (Å²) in [5.74, 6) is 0. The van der Waals surface area contributed by atoms with Crippen LogP contribution >= 0.6 is 11.3 Å². The van der Waals surface area contributed by atoms with Crippen molar-refractivity contribution in [3.63, 3.8) is 0 Å². The van der Waals surface area contributed by atoms with Crippen molar-refractivity contribution in [1.82, 2.24) is 15.0 Å². The third kappa shape index (κ3) is 2.32. The lowest BCUT2D eigenvalue weighted by atomic mass is 10.1. The molecule has 0 aliphatic heterocycles. The highest BCUT2D eigenvalue weighted by Gasteiger charge is 2.09. The molecule has 0 amide bonds. The zero-order chi connectivity index (χ0) is 13.2. The predicted octanol–water partition coefficient (Wildman–Crippen LogP) is 2.87. The van der Waals surface area contributed by atoms with Gasteiger partial charge in [-0.1, -0.05) is 0 Å². The first-order valence-corrected chi connectivity index (χ1v) is 6.67. The fraction of sp³-hybridized carbons (Fsp3) is 0.0714. The molecule has 0 saturated carbocycles. The van der Waals surface area contributed by atoms with Gasteiger partial charge in [-0.25, -0.2) is 4.98 Å². The maximum Gasteiger partial charge on any atom is 0.258 e. The number of nitrogens with one attached hydrogen (secondary N) is 1. The van der Waals surface area contributed by atoms with Crippen LogP contribution in [0, 0.1) is 6.92 Å². The molecule has 5 heteroatoms. The number of hydrogen-bond acceptors (Lipinski definition) is 4. The molecule has 0 aromatic carbocycles. The van der Waals surface area contributed by atoms with E-state index in [9.17, 15) is 4.79 Å². The number of nitrogens with zero attached hydrogens (tertiary/aromatic N) is 2. The Kier molecular flexibility index (Phi) is 2.97. The van der Waals surface area contributed by atoms with Crippen molar-refractivity contribution >= 4 is 11.3 Å². The maximum atomic E-state index is 11.9. The SMILES string of the molecule is Cc1csc(-c2cc(-c3ccncc3)c[nH]c2=O)n1. The molecule has 0 saturated heterocycles. The van der Waals surface area contributed by atoms with Crippen LogP contribution in [0.15, 0.2) is 47.0 Å². The van der Waals surface area contributed by atoms with Crippen molar-refractivity contribution in [1.29, 1.82) is 0 Å². The van der Waals surface area contributed by atoms with E-state index >= 15 is 0 Å². The molecule has 0 aliphatic carbocycles. The van der Waals surface area contributed by atoms with Crippen LogP contribution in [-0.2, 0) is 0 Å². The Labute approximate surface area is 113 Å². The molecular formula is C14H11N3OS. The highest BCUT2D eigenvalue weighted by Crippen LogP contribution is 2.24. The average molecular weight is 269 g/mol. The van der Waals surface area contributed by atoms with E-state index in [4.69, 9.17) is 0 Å². The fourth-order valence-corrected chi connectivity index (χ4v) is 2.64. The predicted molar refractivity (Wildman–Crippen MR) is 76.1 cm³/mol. The van der Waals surface area contributed by atoms with Gasteiger partial charge in [0.25, 0.3) is 5.56 Å². The molecule has 1 N–H and O–H groups in total. The van der Waals surface area contributed by atoms with E-state index in [-0.39, 0.29) is 5.56 Å². The third-order valence-corrected chi connectivity index (χ3v) is 3.76. The summed E-state index contributed by atoms with van der Waals surface area (Å²) < 4.78 is 0. The third-order valence-electron chi connectivity index (χ3n) is 2.77. The van der Waals surface area contributed by atoms with Crippen molar-refractivity contribution in [2.24, 2.45) is 0 Å². The fourth-order valence-electron chi connectivity index (χ4n) is 1.83. The Balaban J connectivity index is 2.14. The largest absolute Gasteiger partial charge is 0.328 e. The van der Waals surface area contributed by atoms with E-state index in [1.165, 1.54) is 11.3 Å². The molecule has 4 nitrogen and oxygen atoms in total. The van der Waals surface area contributed by atoms with Gasteiger partial charge in [0.1, 0.15) is 5.01 Å². The van der Waals surface area contributed by atoms with E-state index in [2.05, 4.69) is 15.0 Å². The van der Waals surface area contributed by atoms with Crippen molar-refractivity contribution < 1.29 is 0 Å². The van der Waals surface area contributed by atoms with Crippen LogP contribution in [0.3, 0.4) is 0 Å². The molecule has 0 spiro atoms. The van der Waals surface area contributed by atoms with Crippen LogP contribution in [0.25, 0.3) is 21.7 Å². The van der Waals surface area contributed by atoms with Crippen molar-refractivity contribution in [2.45, 2.75) is 6.92 Å². The van der Waals surface area contributed by atoms with Crippen LogP contribution in [-0.4, -0.2) is 15.0 Å². The van der Waals surface area contributed by atoms with E-state index in [1.807, 2.05) is 30.5 Å².